The van der Waals surface area contributed by atoms with Crippen LogP contribution in [0.15, 0.2) is 71.3 Å². The fourth-order valence-corrected chi connectivity index (χ4v) is 5.11. The Morgan fingerprint density at radius 1 is 0.900 bits per heavy atom. The Morgan fingerprint density at radius 3 is 2.53 bits per heavy atom. The van der Waals surface area contributed by atoms with Gasteiger partial charge in [-0.3, -0.25) is 0 Å². The Kier molecular flexibility index (Phi) is 3.72. The van der Waals surface area contributed by atoms with Gasteiger partial charge in [0, 0.05) is 29.7 Å². The van der Waals surface area contributed by atoms with E-state index >= 15 is 0 Å². The number of nitrogens with zero attached hydrogens (tertiary/aromatic N) is 1. The van der Waals surface area contributed by atoms with Gasteiger partial charge in [-0.1, -0.05) is 55.3 Å². The Labute approximate surface area is 178 Å². The second-order valence-electron chi connectivity index (χ2n) is 8.62. The number of furan rings is 1. The van der Waals surface area contributed by atoms with Gasteiger partial charge < -0.3 is 4.42 Å². The summed E-state index contributed by atoms with van der Waals surface area (Å²) < 4.78 is 17.8. The molecule has 5 aromatic rings. The SMILES string of the molecule is [2H]C1(c2cc[n+](C)c(-c3c(C)ccc4c3oc3c5ccccc5ccc43)c2)CCCC1. The predicted octanol–water partition coefficient (Wildman–Crippen LogP) is 7.20. The summed E-state index contributed by atoms with van der Waals surface area (Å²) in [6.45, 7) is 2.15. The molecule has 1 saturated carbocycles. The molecule has 2 heteroatoms. The van der Waals surface area contributed by atoms with Gasteiger partial charge in [-0.2, -0.15) is 0 Å². The van der Waals surface area contributed by atoms with Gasteiger partial charge in [0.15, 0.2) is 6.20 Å². The van der Waals surface area contributed by atoms with E-state index < -0.39 is 5.89 Å². The molecule has 1 aliphatic carbocycles. The molecule has 2 heterocycles. The summed E-state index contributed by atoms with van der Waals surface area (Å²) >= 11 is 0. The van der Waals surface area contributed by atoms with E-state index in [1.165, 1.54) is 10.9 Å². The van der Waals surface area contributed by atoms with E-state index in [0.29, 0.717) is 0 Å². The molecule has 6 rings (SSSR count). The van der Waals surface area contributed by atoms with Crippen molar-refractivity contribution in [3.05, 3.63) is 78.0 Å². The van der Waals surface area contributed by atoms with Crippen LogP contribution in [0.1, 0.15) is 44.1 Å². The first-order chi connectivity index (χ1) is 15.0. The van der Waals surface area contributed by atoms with Crippen molar-refractivity contribution >= 4 is 32.7 Å². The second-order valence-corrected chi connectivity index (χ2v) is 8.62. The van der Waals surface area contributed by atoms with Crippen LogP contribution in [0.2, 0.25) is 0 Å². The smallest absolute Gasteiger partial charge is 0.216 e. The lowest BCUT2D eigenvalue weighted by atomic mass is 9.94. The lowest BCUT2D eigenvalue weighted by Crippen LogP contribution is -2.31. The van der Waals surface area contributed by atoms with E-state index in [9.17, 15) is 0 Å². The Bertz CT molecular complexity index is 1470. The first-order valence-corrected chi connectivity index (χ1v) is 10.9. The normalized spacial score (nSPS) is 16.5. The third-order valence-corrected chi connectivity index (χ3v) is 6.76. The van der Waals surface area contributed by atoms with E-state index in [4.69, 9.17) is 5.79 Å². The van der Waals surface area contributed by atoms with Crippen molar-refractivity contribution in [2.45, 2.75) is 38.5 Å². The highest BCUT2D eigenvalue weighted by Gasteiger charge is 2.24. The van der Waals surface area contributed by atoms with E-state index in [2.05, 4.69) is 85.4 Å². The van der Waals surface area contributed by atoms with Gasteiger partial charge >= 0.3 is 0 Å². The standard InChI is InChI=1S/C28H26NO/c1-18-11-13-24-23-14-12-20-9-5-6-10-22(20)27(23)30-28(24)26(18)25-17-21(15-16-29(25)2)19-7-3-4-8-19/h5-6,9-17,19H,3-4,7-8H2,1-2H3/q+1/i19D. The first-order valence-electron chi connectivity index (χ1n) is 11.4. The molecule has 0 N–H and O–H groups in total. The molecule has 0 atom stereocenters. The van der Waals surface area contributed by atoms with Crippen LogP contribution < -0.4 is 4.57 Å². The zero-order valence-corrected chi connectivity index (χ0v) is 17.5. The molecule has 0 bridgehead atoms. The maximum Gasteiger partial charge on any atom is 0.216 e. The van der Waals surface area contributed by atoms with Crippen molar-refractivity contribution in [2.75, 3.05) is 0 Å². The number of hydrogen-bond acceptors (Lipinski definition) is 1. The third kappa shape index (κ3) is 2.60. The van der Waals surface area contributed by atoms with Crippen LogP contribution in [0.5, 0.6) is 0 Å². The summed E-state index contributed by atoms with van der Waals surface area (Å²) in [7, 11) is 2.08. The van der Waals surface area contributed by atoms with Crippen molar-refractivity contribution < 1.29 is 10.4 Å². The van der Waals surface area contributed by atoms with Crippen molar-refractivity contribution in [3.63, 3.8) is 0 Å². The highest BCUT2D eigenvalue weighted by molar-refractivity contribution is 6.17. The highest BCUT2D eigenvalue weighted by Crippen LogP contribution is 2.40. The minimum absolute atomic E-state index is 0.463. The molecule has 30 heavy (non-hydrogen) atoms. The summed E-state index contributed by atoms with van der Waals surface area (Å²) in [5, 5.41) is 4.64. The molecule has 0 unspecified atom stereocenters. The van der Waals surface area contributed by atoms with Gasteiger partial charge in [-0.15, -0.1) is 0 Å². The van der Waals surface area contributed by atoms with Gasteiger partial charge in [0.25, 0.3) is 0 Å². The molecule has 1 fully saturated rings. The number of aryl methyl sites for hydroxylation is 2. The molecule has 0 spiro atoms. The average molecular weight is 394 g/mol. The van der Waals surface area contributed by atoms with Gasteiger partial charge in [-0.05, 0) is 48.2 Å². The van der Waals surface area contributed by atoms with Gasteiger partial charge in [-0.25, -0.2) is 4.57 Å². The fraction of sp³-hybridized carbons (Fsp3) is 0.250. The van der Waals surface area contributed by atoms with Gasteiger partial charge in [0.2, 0.25) is 5.69 Å². The molecular formula is C28H26NO+. The van der Waals surface area contributed by atoms with Crippen molar-refractivity contribution in [2.24, 2.45) is 7.05 Å². The second kappa shape index (κ2) is 6.70. The number of pyridine rings is 1. The van der Waals surface area contributed by atoms with Crippen LogP contribution in [-0.2, 0) is 7.05 Å². The van der Waals surface area contributed by atoms with Crippen LogP contribution in [0.4, 0.5) is 0 Å². The van der Waals surface area contributed by atoms with E-state index in [1.54, 1.807) is 0 Å². The zero-order chi connectivity index (χ0) is 21.2. The summed E-state index contributed by atoms with van der Waals surface area (Å²) in [6.07, 6.45) is 6.28. The molecule has 148 valence electrons. The number of hydrogen-bond donors (Lipinski definition) is 0. The molecule has 0 aliphatic heterocycles. The van der Waals surface area contributed by atoms with Crippen LogP contribution in [0, 0.1) is 6.92 Å². The zero-order valence-electron chi connectivity index (χ0n) is 18.5. The molecular weight excluding hydrogens is 366 g/mol. The summed E-state index contributed by atoms with van der Waals surface area (Å²) in [5.74, 6) is -0.463. The summed E-state index contributed by atoms with van der Waals surface area (Å²) in [6, 6.07) is 21.5. The van der Waals surface area contributed by atoms with E-state index in [0.717, 1.165) is 69.8 Å². The van der Waals surface area contributed by atoms with Crippen LogP contribution >= 0.6 is 0 Å². The Balaban J connectivity index is 1.66. The molecule has 1 aliphatic rings. The van der Waals surface area contributed by atoms with Crippen LogP contribution in [-0.4, -0.2) is 0 Å². The Hall–Kier alpha value is -3.13. The lowest BCUT2D eigenvalue weighted by molar-refractivity contribution is -0.660. The average Bonchev–Trinajstić information content (AvgIpc) is 3.39. The van der Waals surface area contributed by atoms with E-state index in [1.807, 2.05) is 0 Å². The fourth-order valence-electron chi connectivity index (χ4n) is 5.11. The quantitative estimate of drug-likeness (QED) is 0.290. The molecule has 3 aromatic carbocycles. The Morgan fingerprint density at radius 2 is 1.67 bits per heavy atom. The van der Waals surface area contributed by atoms with Crippen molar-refractivity contribution in [1.82, 2.24) is 0 Å². The molecule has 0 saturated heterocycles. The maximum absolute atomic E-state index is 9.01. The largest absolute Gasteiger partial charge is 0.454 e. The topological polar surface area (TPSA) is 17.0 Å². The maximum atomic E-state index is 9.01. The number of aromatic nitrogens is 1. The summed E-state index contributed by atoms with van der Waals surface area (Å²) in [5.41, 5.74) is 6.44. The summed E-state index contributed by atoms with van der Waals surface area (Å²) in [4.78, 5) is 0. The minimum atomic E-state index is -0.463. The number of fused-ring (bicyclic) bond motifs is 5. The lowest BCUT2D eigenvalue weighted by Gasteiger charge is -2.11. The molecule has 0 radical (unpaired) electrons. The molecule has 0 amide bonds. The van der Waals surface area contributed by atoms with Crippen LogP contribution in [0.25, 0.3) is 44.0 Å². The van der Waals surface area contributed by atoms with Crippen LogP contribution in [0.3, 0.4) is 0 Å². The van der Waals surface area contributed by atoms with E-state index in [-0.39, 0.29) is 0 Å². The van der Waals surface area contributed by atoms with Gasteiger partial charge in [0.05, 0.1) is 5.56 Å². The highest BCUT2D eigenvalue weighted by atomic mass is 16.3. The molecule has 2 aromatic heterocycles. The monoisotopic (exact) mass is 393 g/mol. The third-order valence-electron chi connectivity index (χ3n) is 6.76. The first kappa shape index (κ1) is 16.6. The van der Waals surface area contributed by atoms with Crippen molar-refractivity contribution in [1.29, 1.82) is 0 Å². The van der Waals surface area contributed by atoms with Gasteiger partial charge in [0.1, 0.15) is 18.2 Å². The molecule has 2 nitrogen and oxygen atoms in total. The van der Waals surface area contributed by atoms with Crippen molar-refractivity contribution in [3.8, 4) is 11.3 Å². The number of rotatable bonds is 2. The number of benzene rings is 3. The predicted molar refractivity (Wildman–Crippen MR) is 124 cm³/mol. The minimum Gasteiger partial charge on any atom is -0.454 e.